The lowest BCUT2D eigenvalue weighted by molar-refractivity contribution is 0.318. The summed E-state index contributed by atoms with van der Waals surface area (Å²) in [5, 5.41) is 11.7. The zero-order chi connectivity index (χ0) is 15.4. The molecule has 1 heterocycles. The minimum Gasteiger partial charge on any atom is -0.409 e. The topological polar surface area (TPSA) is 74.7 Å². The molecule has 0 aliphatic rings. The fourth-order valence-corrected chi connectivity index (χ4v) is 2.23. The van der Waals surface area contributed by atoms with Gasteiger partial charge in [0.1, 0.15) is 0 Å². The molecule has 3 N–H and O–H groups in total. The molecule has 0 radical (unpaired) electrons. The van der Waals surface area contributed by atoms with Crippen molar-refractivity contribution < 1.29 is 9.60 Å². The molecule has 0 amide bonds. The van der Waals surface area contributed by atoms with Crippen LogP contribution in [0.25, 0.3) is 0 Å². The molecule has 0 bridgehead atoms. The average Bonchev–Trinajstić information content (AvgIpc) is 2.46. The summed E-state index contributed by atoms with van der Waals surface area (Å²) >= 11 is 3.17. The van der Waals surface area contributed by atoms with Crippen LogP contribution in [0.4, 0.5) is 10.2 Å². The molecule has 2 aromatic rings. The Morgan fingerprint density at radius 1 is 1.48 bits per heavy atom. The molecule has 110 valence electrons. The standard InChI is InChI=1S/C14H14BrFN4O/c1-20(14-12(16)6-11(15)7-18-14)8-9-3-2-4-10(5-9)13(17)19-21/h2-7,21H,8H2,1H3,(H2,17,19). The van der Waals surface area contributed by atoms with E-state index in [0.29, 0.717) is 16.6 Å². The maximum atomic E-state index is 13.9. The van der Waals surface area contributed by atoms with Crippen molar-refractivity contribution in [2.75, 3.05) is 11.9 Å². The van der Waals surface area contributed by atoms with Crippen LogP contribution in [0.15, 0.2) is 46.2 Å². The van der Waals surface area contributed by atoms with E-state index in [4.69, 9.17) is 10.9 Å². The first kappa shape index (κ1) is 15.2. The van der Waals surface area contributed by atoms with Crippen LogP contribution in [-0.4, -0.2) is 23.1 Å². The second-order valence-electron chi connectivity index (χ2n) is 4.50. The maximum absolute atomic E-state index is 13.9. The van der Waals surface area contributed by atoms with Gasteiger partial charge in [-0.3, -0.25) is 0 Å². The van der Waals surface area contributed by atoms with Gasteiger partial charge in [0.2, 0.25) is 0 Å². The number of amidine groups is 1. The fraction of sp³-hybridized carbons (Fsp3) is 0.143. The number of hydrogen-bond donors (Lipinski definition) is 2. The van der Waals surface area contributed by atoms with E-state index in [9.17, 15) is 4.39 Å². The van der Waals surface area contributed by atoms with Crippen LogP contribution in [0.1, 0.15) is 11.1 Å². The first-order chi connectivity index (χ1) is 10.0. The van der Waals surface area contributed by atoms with Gasteiger partial charge in [-0.2, -0.15) is 0 Å². The van der Waals surface area contributed by atoms with E-state index in [2.05, 4.69) is 26.1 Å². The molecule has 5 nitrogen and oxygen atoms in total. The molecule has 0 fully saturated rings. The maximum Gasteiger partial charge on any atom is 0.170 e. The van der Waals surface area contributed by atoms with Gasteiger partial charge in [-0.15, -0.1) is 0 Å². The Morgan fingerprint density at radius 3 is 2.90 bits per heavy atom. The van der Waals surface area contributed by atoms with Crippen LogP contribution in [0.5, 0.6) is 0 Å². The van der Waals surface area contributed by atoms with E-state index in [1.54, 1.807) is 36.3 Å². The molecular weight excluding hydrogens is 339 g/mol. The molecule has 7 heteroatoms. The van der Waals surface area contributed by atoms with Crippen molar-refractivity contribution in [1.29, 1.82) is 0 Å². The lowest BCUT2D eigenvalue weighted by Crippen LogP contribution is -2.20. The summed E-state index contributed by atoms with van der Waals surface area (Å²) in [4.78, 5) is 5.75. The highest BCUT2D eigenvalue weighted by Crippen LogP contribution is 2.20. The molecule has 2 rings (SSSR count). The second kappa shape index (κ2) is 6.53. The zero-order valence-electron chi connectivity index (χ0n) is 11.3. The number of nitrogens with zero attached hydrogens (tertiary/aromatic N) is 3. The Morgan fingerprint density at radius 2 is 2.24 bits per heavy atom. The number of hydrogen-bond acceptors (Lipinski definition) is 4. The monoisotopic (exact) mass is 352 g/mol. The molecule has 0 aliphatic heterocycles. The normalized spacial score (nSPS) is 11.5. The van der Waals surface area contributed by atoms with Gasteiger partial charge in [-0.1, -0.05) is 23.4 Å². The zero-order valence-corrected chi connectivity index (χ0v) is 12.9. The Labute approximate surface area is 130 Å². The molecule has 0 saturated carbocycles. The minimum atomic E-state index is -0.403. The third kappa shape index (κ3) is 3.69. The third-order valence-corrected chi connectivity index (χ3v) is 3.33. The first-order valence-corrected chi connectivity index (χ1v) is 6.89. The highest BCUT2D eigenvalue weighted by Gasteiger charge is 2.11. The summed E-state index contributed by atoms with van der Waals surface area (Å²) in [6.45, 7) is 0.443. The number of benzene rings is 1. The Bertz CT molecular complexity index is 678. The fourth-order valence-electron chi connectivity index (χ4n) is 1.92. The average molecular weight is 353 g/mol. The Kier molecular flexibility index (Phi) is 4.74. The number of pyridine rings is 1. The van der Waals surface area contributed by atoms with Gasteiger partial charge in [-0.25, -0.2) is 9.37 Å². The van der Waals surface area contributed by atoms with Crippen LogP contribution in [-0.2, 0) is 6.54 Å². The van der Waals surface area contributed by atoms with Crippen LogP contribution in [0, 0.1) is 5.82 Å². The SMILES string of the molecule is CN(Cc1cccc(/C(N)=N/O)c1)c1ncc(Br)cc1F. The van der Waals surface area contributed by atoms with Crippen molar-refractivity contribution in [3.8, 4) is 0 Å². The number of aromatic nitrogens is 1. The highest BCUT2D eigenvalue weighted by molar-refractivity contribution is 9.10. The third-order valence-electron chi connectivity index (χ3n) is 2.90. The van der Waals surface area contributed by atoms with Crippen LogP contribution in [0.3, 0.4) is 0 Å². The number of rotatable bonds is 4. The summed E-state index contributed by atoms with van der Waals surface area (Å²) < 4.78 is 14.4. The molecule has 1 aromatic heterocycles. The van der Waals surface area contributed by atoms with E-state index in [-0.39, 0.29) is 11.7 Å². The van der Waals surface area contributed by atoms with Crippen LogP contribution >= 0.6 is 15.9 Å². The van der Waals surface area contributed by atoms with Gasteiger partial charge in [0, 0.05) is 29.8 Å². The van der Waals surface area contributed by atoms with Crippen molar-refractivity contribution in [3.05, 3.63) is 57.9 Å². The molecule has 0 spiro atoms. The summed E-state index contributed by atoms with van der Waals surface area (Å²) in [6.07, 6.45) is 1.54. The number of anilines is 1. The van der Waals surface area contributed by atoms with Crippen molar-refractivity contribution in [2.24, 2.45) is 10.9 Å². The van der Waals surface area contributed by atoms with Crippen molar-refractivity contribution in [2.45, 2.75) is 6.54 Å². The van der Waals surface area contributed by atoms with Gasteiger partial charge in [0.15, 0.2) is 17.5 Å². The summed E-state index contributed by atoms with van der Waals surface area (Å²) in [7, 11) is 1.75. The Balaban J connectivity index is 2.21. The van der Waals surface area contributed by atoms with Crippen molar-refractivity contribution in [1.82, 2.24) is 4.98 Å². The lowest BCUT2D eigenvalue weighted by Gasteiger charge is -2.19. The minimum absolute atomic E-state index is 0.0347. The number of oxime groups is 1. The molecule has 0 atom stereocenters. The largest absolute Gasteiger partial charge is 0.409 e. The van der Waals surface area contributed by atoms with E-state index < -0.39 is 5.82 Å². The first-order valence-electron chi connectivity index (χ1n) is 6.10. The Hall–Kier alpha value is -2.15. The van der Waals surface area contributed by atoms with Gasteiger partial charge in [0.05, 0.1) is 0 Å². The van der Waals surface area contributed by atoms with Gasteiger partial charge >= 0.3 is 0 Å². The van der Waals surface area contributed by atoms with Crippen LogP contribution in [0.2, 0.25) is 0 Å². The van der Waals surface area contributed by atoms with Gasteiger partial charge < -0.3 is 15.8 Å². The van der Waals surface area contributed by atoms with Gasteiger partial charge in [-0.05, 0) is 33.6 Å². The molecule has 0 aliphatic carbocycles. The van der Waals surface area contributed by atoms with E-state index in [1.165, 1.54) is 6.07 Å². The molecule has 1 aromatic carbocycles. The summed E-state index contributed by atoms with van der Waals surface area (Å²) in [6, 6.07) is 8.55. The molecule has 21 heavy (non-hydrogen) atoms. The van der Waals surface area contributed by atoms with Crippen molar-refractivity contribution >= 4 is 27.6 Å². The number of halogens is 2. The second-order valence-corrected chi connectivity index (χ2v) is 5.42. The smallest absolute Gasteiger partial charge is 0.170 e. The van der Waals surface area contributed by atoms with E-state index in [1.807, 2.05) is 6.07 Å². The molecule has 0 saturated heterocycles. The van der Waals surface area contributed by atoms with E-state index >= 15 is 0 Å². The quantitative estimate of drug-likeness (QED) is 0.384. The molecular formula is C14H14BrFN4O. The predicted molar refractivity (Wildman–Crippen MR) is 83.0 cm³/mol. The van der Waals surface area contributed by atoms with E-state index in [0.717, 1.165) is 5.56 Å². The predicted octanol–water partition coefficient (Wildman–Crippen LogP) is 2.71. The molecule has 0 unspecified atom stereocenters. The number of nitrogens with two attached hydrogens (primary N) is 1. The lowest BCUT2D eigenvalue weighted by atomic mass is 10.1. The van der Waals surface area contributed by atoms with Gasteiger partial charge in [0.25, 0.3) is 0 Å². The highest BCUT2D eigenvalue weighted by atomic mass is 79.9. The van der Waals surface area contributed by atoms with Crippen molar-refractivity contribution in [3.63, 3.8) is 0 Å². The summed E-state index contributed by atoms with van der Waals surface area (Å²) in [5.41, 5.74) is 7.05. The summed E-state index contributed by atoms with van der Waals surface area (Å²) in [5.74, 6) is -0.112. The van der Waals surface area contributed by atoms with Crippen LogP contribution < -0.4 is 10.6 Å².